The Morgan fingerprint density at radius 2 is 2.00 bits per heavy atom. The van der Waals surface area contributed by atoms with Crippen molar-refractivity contribution in [1.82, 2.24) is 10.3 Å². The largest absolute Gasteiger partial charge is 0.349 e. The molecule has 1 aromatic heterocycles. The van der Waals surface area contributed by atoms with Crippen LogP contribution in [0, 0.1) is 0 Å². The number of H-pyrrole nitrogens is 1. The molecule has 106 valence electrons. The smallest absolute Gasteiger partial charge is 0.262 e. The molecule has 1 amide bonds. The summed E-state index contributed by atoms with van der Waals surface area (Å²) in [4.78, 5) is 25.7. The highest BCUT2D eigenvalue weighted by molar-refractivity contribution is 9.10. The van der Waals surface area contributed by atoms with Gasteiger partial charge in [-0.2, -0.15) is 0 Å². The van der Waals surface area contributed by atoms with Gasteiger partial charge in [-0.15, -0.1) is 12.4 Å². The maximum Gasteiger partial charge on any atom is 0.262 e. The second kappa shape index (κ2) is 7.07. The molecule has 4 N–H and O–H groups in total. The molecule has 1 aromatic rings. The molecule has 1 aliphatic carbocycles. The molecule has 1 fully saturated rings. The fourth-order valence-corrected chi connectivity index (χ4v) is 2.48. The molecule has 0 atom stereocenters. The Hall–Kier alpha value is -0.850. The predicted molar refractivity (Wildman–Crippen MR) is 79.7 cm³/mol. The van der Waals surface area contributed by atoms with Gasteiger partial charge >= 0.3 is 0 Å². The van der Waals surface area contributed by atoms with Crippen molar-refractivity contribution in [3.63, 3.8) is 0 Å². The van der Waals surface area contributed by atoms with Crippen LogP contribution in [0.5, 0.6) is 0 Å². The van der Waals surface area contributed by atoms with Gasteiger partial charge in [0.05, 0.1) is 10.0 Å². The molecule has 1 saturated carbocycles. The lowest BCUT2D eigenvalue weighted by molar-refractivity contribution is 0.0925. The van der Waals surface area contributed by atoms with Crippen LogP contribution in [0.15, 0.2) is 21.5 Å². The van der Waals surface area contributed by atoms with Crippen LogP contribution in [-0.2, 0) is 0 Å². The number of aromatic nitrogens is 1. The zero-order valence-corrected chi connectivity index (χ0v) is 12.7. The van der Waals surface area contributed by atoms with Crippen molar-refractivity contribution in [2.24, 2.45) is 5.73 Å². The van der Waals surface area contributed by atoms with Crippen molar-refractivity contribution in [2.45, 2.75) is 37.8 Å². The lowest BCUT2D eigenvalue weighted by Crippen LogP contribution is -2.40. The highest BCUT2D eigenvalue weighted by Gasteiger charge is 2.20. The van der Waals surface area contributed by atoms with E-state index in [2.05, 4.69) is 26.2 Å². The van der Waals surface area contributed by atoms with Gasteiger partial charge in [-0.05, 0) is 47.7 Å². The summed E-state index contributed by atoms with van der Waals surface area (Å²) in [6.45, 7) is 0. The van der Waals surface area contributed by atoms with Gasteiger partial charge in [0.15, 0.2) is 0 Å². The van der Waals surface area contributed by atoms with E-state index in [0.717, 1.165) is 25.7 Å². The van der Waals surface area contributed by atoms with Gasteiger partial charge in [-0.1, -0.05) is 0 Å². The van der Waals surface area contributed by atoms with Crippen molar-refractivity contribution in [2.75, 3.05) is 0 Å². The number of nitrogens with one attached hydrogen (secondary N) is 2. The van der Waals surface area contributed by atoms with E-state index in [9.17, 15) is 9.59 Å². The minimum Gasteiger partial charge on any atom is -0.349 e. The number of hydrogen-bond acceptors (Lipinski definition) is 3. The number of hydrogen-bond donors (Lipinski definition) is 3. The molecule has 1 aliphatic rings. The quantitative estimate of drug-likeness (QED) is 0.756. The second-order valence-corrected chi connectivity index (χ2v) is 5.50. The third kappa shape index (κ3) is 4.33. The van der Waals surface area contributed by atoms with Crippen LogP contribution in [0.1, 0.15) is 36.0 Å². The van der Waals surface area contributed by atoms with Crippen LogP contribution in [0.2, 0.25) is 0 Å². The summed E-state index contributed by atoms with van der Waals surface area (Å²) < 4.78 is 0.362. The number of halogens is 2. The lowest BCUT2D eigenvalue weighted by atomic mass is 9.92. The van der Waals surface area contributed by atoms with E-state index < -0.39 is 0 Å². The van der Waals surface area contributed by atoms with E-state index in [0.29, 0.717) is 10.0 Å². The third-order valence-electron chi connectivity index (χ3n) is 3.23. The van der Waals surface area contributed by atoms with E-state index >= 15 is 0 Å². The highest BCUT2D eigenvalue weighted by Crippen LogP contribution is 2.17. The Morgan fingerprint density at radius 1 is 1.37 bits per heavy atom. The standard InChI is InChI=1S/C12H16BrN3O2.ClH/c13-10-5-7(6-15-12(10)18)11(17)16-9-3-1-8(14)2-4-9;/h5-6,8-9H,1-4,14H2,(H,15,18)(H,16,17);1H. The highest BCUT2D eigenvalue weighted by atomic mass is 79.9. The summed E-state index contributed by atoms with van der Waals surface area (Å²) in [6.07, 6.45) is 5.15. The number of pyridine rings is 1. The average molecular weight is 351 g/mol. The molecule has 0 saturated heterocycles. The minimum atomic E-state index is -0.241. The van der Waals surface area contributed by atoms with Crippen molar-refractivity contribution >= 4 is 34.2 Å². The molecule has 0 aromatic carbocycles. The van der Waals surface area contributed by atoms with Crippen LogP contribution in [0.4, 0.5) is 0 Å². The zero-order valence-electron chi connectivity index (χ0n) is 10.3. The van der Waals surface area contributed by atoms with Gasteiger partial charge < -0.3 is 16.0 Å². The fourth-order valence-electron chi connectivity index (χ4n) is 2.12. The molecule has 0 aliphatic heterocycles. The molecule has 7 heteroatoms. The molecule has 0 bridgehead atoms. The topological polar surface area (TPSA) is 88.0 Å². The van der Waals surface area contributed by atoms with Crippen molar-refractivity contribution < 1.29 is 4.79 Å². The molecule has 0 radical (unpaired) electrons. The van der Waals surface area contributed by atoms with E-state index in [-0.39, 0.29) is 36.0 Å². The second-order valence-electron chi connectivity index (χ2n) is 4.65. The fraction of sp³-hybridized carbons (Fsp3) is 0.500. The molecule has 19 heavy (non-hydrogen) atoms. The van der Waals surface area contributed by atoms with E-state index in [4.69, 9.17) is 5.73 Å². The predicted octanol–water partition coefficient (Wildman–Crippen LogP) is 1.56. The third-order valence-corrected chi connectivity index (χ3v) is 3.82. The summed E-state index contributed by atoms with van der Waals surface area (Å²) in [7, 11) is 0. The Morgan fingerprint density at radius 3 is 2.58 bits per heavy atom. The number of rotatable bonds is 2. The van der Waals surface area contributed by atoms with E-state index in [1.807, 2.05) is 0 Å². The summed E-state index contributed by atoms with van der Waals surface area (Å²) >= 11 is 3.11. The Kier molecular flexibility index (Phi) is 6.03. The maximum absolute atomic E-state index is 12.0. The summed E-state index contributed by atoms with van der Waals surface area (Å²) in [5, 5.41) is 2.97. The van der Waals surface area contributed by atoms with Gasteiger partial charge in [0, 0.05) is 18.3 Å². The first-order valence-corrected chi connectivity index (χ1v) is 6.80. The number of nitrogens with two attached hydrogens (primary N) is 1. The number of carbonyl (C=O) groups excluding carboxylic acids is 1. The van der Waals surface area contributed by atoms with Gasteiger partial charge in [0.25, 0.3) is 11.5 Å². The minimum absolute atomic E-state index is 0. The molecule has 1 heterocycles. The van der Waals surface area contributed by atoms with Crippen LogP contribution < -0.4 is 16.6 Å². The van der Waals surface area contributed by atoms with Gasteiger partial charge in [-0.3, -0.25) is 9.59 Å². The number of carbonyl (C=O) groups is 1. The molecular weight excluding hydrogens is 334 g/mol. The molecule has 0 spiro atoms. The molecule has 5 nitrogen and oxygen atoms in total. The first-order valence-electron chi connectivity index (χ1n) is 6.01. The average Bonchev–Trinajstić information content (AvgIpc) is 2.35. The number of amides is 1. The van der Waals surface area contributed by atoms with Crippen molar-refractivity contribution in [1.29, 1.82) is 0 Å². The van der Waals surface area contributed by atoms with Crippen LogP contribution in [0.3, 0.4) is 0 Å². The summed E-state index contributed by atoms with van der Waals surface area (Å²) in [6, 6.07) is 1.98. The first kappa shape index (κ1) is 16.2. The summed E-state index contributed by atoms with van der Waals surface area (Å²) in [5.74, 6) is -0.160. The Bertz CT molecular complexity index is 498. The molecular formula is C12H17BrClN3O2. The Balaban J connectivity index is 0.00000180. The Labute approximate surface area is 125 Å². The maximum atomic E-state index is 12.0. The molecule has 2 rings (SSSR count). The van der Waals surface area contributed by atoms with E-state index in [1.165, 1.54) is 12.3 Å². The van der Waals surface area contributed by atoms with Gasteiger partial charge in [0.2, 0.25) is 0 Å². The van der Waals surface area contributed by atoms with Gasteiger partial charge in [0.1, 0.15) is 0 Å². The van der Waals surface area contributed by atoms with Crippen LogP contribution >= 0.6 is 28.3 Å². The van der Waals surface area contributed by atoms with Crippen molar-refractivity contribution in [3.05, 3.63) is 32.7 Å². The van der Waals surface area contributed by atoms with Crippen LogP contribution in [-0.4, -0.2) is 23.0 Å². The normalized spacial score (nSPS) is 22.4. The van der Waals surface area contributed by atoms with Crippen molar-refractivity contribution in [3.8, 4) is 0 Å². The zero-order chi connectivity index (χ0) is 13.1. The van der Waals surface area contributed by atoms with Gasteiger partial charge in [-0.25, -0.2) is 0 Å². The molecule has 0 unspecified atom stereocenters. The number of aromatic amines is 1. The lowest BCUT2D eigenvalue weighted by Gasteiger charge is -2.26. The van der Waals surface area contributed by atoms with E-state index in [1.54, 1.807) is 0 Å². The first-order chi connectivity index (χ1) is 8.56. The summed E-state index contributed by atoms with van der Waals surface area (Å²) in [5.41, 5.74) is 6.03. The van der Waals surface area contributed by atoms with Crippen LogP contribution in [0.25, 0.3) is 0 Å². The SMILES string of the molecule is Cl.NC1CCC(NC(=O)c2c[nH]c(=O)c(Br)c2)CC1. The monoisotopic (exact) mass is 349 g/mol.